The summed E-state index contributed by atoms with van der Waals surface area (Å²) in [6.45, 7) is 1.82. The van der Waals surface area contributed by atoms with Crippen LogP contribution in [0.4, 0.5) is 11.4 Å². The molecule has 3 aromatic carbocycles. The molecule has 5 rings (SSSR count). The van der Waals surface area contributed by atoms with Gasteiger partial charge < -0.3 is 25.7 Å². The highest BCUT2D eigenvalue weighted by Crippen LogP contribution is 2.44. The van der Waals surface area contributed by atoms with Gasteiger partial charge in [0.15, 0.2) is 0 Å². The normalized spacial score (nSPS) is 16.9. The molecule has 0 aromatic heterocycles. The largest absolute Gasteiger partial charge is 0.497 e. The van der Waals surface area contributed by atoms with Crippen LogP contribution in [0.1, 0.15) is 35.2 Å². The van der Waals surface area contributed by atoms with Crippen molar-refractivity contribution in [2.45, 2.75) is 19.3 Å². The van der Waals surface area contributed by atoms with Crippen LogP contribution >= 0.6 is 0 Å². The Morgan fingerprint density at radius 3 is 2.33 bits per heavy atom. The fourth-order valence-corrected chi connectivity index (χ4v) is 5.32. The molecular formula is C29H30N4O3. The zero-order chi connectivity index (χ0) is 25.3. The lowest BCUT2D eigenvalue weighted by molar-refractivity contribution is -0.127. The molecule has 7 heteroatoms. The number of carbonyl (C=O) groups is 2. The highest BCUT2D eigenvalue weighted by Gasteiger charge is 2.49. The van der Waals surface area contributed by atoms with Gasteiger partial charge in [0.1, 0.15) is 5.75 Å². The van der Waals surface area contributed by atoms with E-state index in [1.54, 1.807) is 31.4 Å². The van der Waals surface area contributed by atoms with Crippen molar-refractivity contribution in [3.8, 4) is 16.9 Å². The van der Waals surface area contributed by atoms with Crippen molar-refractivity contribution in [1.82, 2.24) is 4.90 Å². The van der Waals surface area contributed by atoms with Crippen LogP contribution in [0.25, 0.3) is 11.1 Å². The first-order chi connectivity index (χ1) is 17.4. The number of methoxy groups -OCH3 is 1. The zero-order valence-corrected chi connectivity index (χ0v) is 20.4. The molecule has 3 N–H and O–H groups in total. The molecule has 2 aliphatic heterocycles. The van der Waals surface area contributed by atoms with E-state index >= 15 is 0 Å². The van der Waals surface area contributed by atoms with Crippen molar-refractivity contribution < 1.29 is 14.3 Å². The Morgan fingerprint density at radius 1 is 0.972 bits per heavy atom. The summed E-state index contributed by atoms with van der Waals surface area (Å²) in [5.74, 6) is 0.863. The van der Waals surface area contributed by atoms with E-state index in [1.807, 2.05) is 52.3 Å². The lowest BCUT2D eigenvalue weighted by Crippen LogP contribution is -2.46. The number of nitrogens with zero attached hydrogens (tertiary/aromatic N) is 2. The van der Waals surface area contributed by atoms with Crippen LogP contribution in [0.3, 0.4) is 0 Å². The van der Waals surface area contributed by atoms with Crippen molar-refractivity contribution in [2.75, 3.05) is 37.4 Å². The molecule has 184 valence electrons. The van der Waals surface area contributed by atoms with Crippen LogP contribution in [-0.2, 0) is 4.79 Å². The summed E-state index contributed by atoms with van der Waals surface area (Å²) < 4.78 is 5.18. The summed E-state index contributed by atoms with van der Waals surface area (Å²) in [7, 11) is 1.60. The number of anilines is 2. The van der Waals surface area contributed by atoms with Crippen LogP contribution in [-0.4, -0.2) is 49.7 Å². The van der Waals surface area contributed by atoms with Gasteiger partial charge in [0.05, 0.1) is 12.5 Å². The number of nitrogen functional groups attached to an aromatic ring is 1. The van der Waals surface area contributed by atoms with E-state index in [0.29, 0.717) is 49.3 Å². The number of carbonyl (C=O) groups excluding carboxylic acids is 2. The number of rotatable bonds is 5. The van der Waals surface area contributed by atoms with Crippen LogP contribution in [0, 0.1) is 10.8 Å². The first-order valence-electron chi connectivity index (χ1n) is 12.2. The van der Waals surface area contributed by atoms with Crippen molar-refractivity contribution in [3.05, 3.63) is 77.9 Å². The number of nitrogens with two attached hydrogens (primary N) is 1. The molecule has 2 saturated heterocycles. The molecule has 36 heavy (non-hydrogen) atoms. The monoisotopic (exact) mass is 482 g/mol. The van der Waals surface area contributed by atoms with Crippen molar-refractivity contribution in [3.63, 3.8) is 0 Å². The van der Waals surface area contributed by atoms with E-state index in [9.17, 15) is 9.59 Å². The van der Waals surface area contributed by atoms with E-state index in [2.05, 4.69) is 0 Å². The Labute approximate surface area is 211 Å². The number of ether oxygens (including phenoxy) is 1. The fourth-order valence-electron chi connectivity index (χ4n) is 5.32. The van der Waals surface area contributed by atoms with Gasteiger partial charge in [0, 0.05) is 48.4 Å². The van der Waals surface area contributed by atoms with Gasteiger partial charge >= 0.3 is 0 Å². The predicted molar refractivity (Wildman–Crippen MR) is 142 cm³/mol. The lowest BCUT2D eigenvalue weighted by Gasteiger charge is -2.38. The molecule has 2 heterocycles. The minimum Gasteiger partial charge on any atom is -0.497 e. The predicted octanol–water partition coefficient (Wildman–Crippen LogP) is 4.60. The third kappa shape index (κ3) is 4.21. The van der Waals surface area contributed by atoms with Crippen molar-refractivity contribution in [1.29, 1.82) is 5.41 Å². The van der Waals surface area contributed by atoms with Crippen LogP contribution in [0.5, 0.6) is 5.75 Å². The van der Waals surface area contributed by atoms with Gasteiger partial charge in [-0.15, -0.1) is 0 Å². The quantitative estimate of drug-likeness (QED) is 0.410. The maximum Gasteiger partial charge on any atom is 0.253 e. The van der Waals surface area contributed by atoms with Gasteiger partial charge in [-0.3, -0.25) is 9.59 Å². The molecule has 1 spiro atoms. The average Bonchev–Trinajstić information content (AvgIpc) is 3.23. The fraction of sp³-hybridized carbons (Fsp3) is 0.276. The standard InChI is InChI=1S/C29H30N4O3/c1-36-25-9-7-20(8-10-25)27(34)32-14-11-29(12-15-32)13-16-33(28(29)35)24-4-2-3-21(17-24)22-5-6-23(19-30)26(31)18-22/h2-10,17-19,30H,11-16,31H2,1H3. The highest BCUT2D eigenvalue weighted by atomic mass is 16.5. The van der Waals surface area contributed by atoms with E-state index in [-0.39, 0.29) is 11.8 Å². The summed E-state index contributed by atoms with van der Waals surface area (Å²) in [6.07, 6.45) is 3.38. The number of nitrogens with one attached hydrogen (secondary N) is 1. The Hall–Kier alpha value is -4.13. The minimum atomic E-state index is -0.414. The molecule has 2 fully saturated rings. The summed E-state index contributed by atoms with van der Waals surface area (Å²) >= 11 is 0. The van der Waals surface area contributed by atoms with Crippen LogP contribution < -0.4 is 15.4 Å². The second-order valence-corrected chi connectivity index (χ2v) is 9.55. The Bertz CT molecular complexity index is 1310. The van der Waals surface area contributed by atoms with Gasteiger partial charge in [-0.2, -0.15) is 0 Å². The van der Waals surface area contributed by atoms with Gasteiger partial charge in [-0.1, -0.05) is 24.3 Å². The van der Waals surface area contributed by atoms with Crippen molar-refractivity contribution >= 4 is 29.4 Å². The molecule has 0 saturated carbocycles. The molecular weight excluding hydrogens is 452 g/mol. The van der Waals surface area contributed by atoms with E-state index in [1.165, 1.54) is 6.21 Å². The minimum absolute atomic E-state index is 0.00388. The third-order valence-corrected chi connectivity index (χ3v) is 7.59. The molecule has 7 nitrogen and oxygen atoms in total. The second-order valence-electron chi connectivity index (χ2n) is 9.55. The molecule has 0 bridgehead atoms. The SMILES string of the molecule is COc1ccc(C(=O)N2CCC3(CC2)CCN(c2cccc(-c4ccc(C=N)c(N)c4)c2)C3=O)cc1. The van der Waals surface area contributed by atoms with Gasteiger partial charge in [-0.05, 0) is 72.9 Å². The number of amides is 2. The Balaban J connectivity index is 1.28. The first kappa shape index (κ1) is 23.6. The molecule has 2 amide bonds. The average molecular weight is 483 g/mol. The van der Waals surface area contributed by atoms with E-state index in [4.69, 9.17) is 15.9 Å². The Morgan fingerprint density at radius 2 is 1.67 bits per heavy atom. The maximum atomic E-state index is 13.6. The number of hydrogen-bond acceptors (Lipinski definition) is 5. The molecule has 3 aromatic rings. The summed E-state index contributed by atoms with van der Waals surface area (Å²) in [5, 5.41) is 7.44. The van der Waals surface area contributed by atoms with E-state index < -0.39 is 5.41 Å². The van der Waals surface area contributed by atoms with E-state index in [0.717, 1.165) is 29.0 Å². The molecule has 0 radical (unpaired) electrons. The van der Waals surface area contributed by atoms with Gasteiger partial charge in [0.2, 0.25) is 5.91 Å². The van der Waals surface area contributed by atoms with Crippen LogP contribution in [0.15, 0.2) is 66.7 Å². The number of likely N-dealkylation sites (tertiary alicyclic amines) is 1. The summed E-state index contributed by atoms with van der Waals surface area (Å²) in [4.78, 5) is 30.4. The number of hydrogen-bond donors (Lipinski definition) is 2. The smallest absolute Gasteiger partial charge is 0.253 e. The first-order valence-corrected chi connectivity index (χ1v) is 12.2. The number of benzene rings is 3. The summed E-state index contributed by atoms with van der Waals surface area (Å²) in [6, 6.07) is 20.8. The van der Waals surface area contributed by atoms with Crippen LogP contribution in [0.2, 0.25) is 0 Å². The molecule has 2 aliphatic rings. The highest BCUT2D eigenvalue weighted by molar-refractivity contribution is 6.01. The molecule has 0 unspecified atom stereocenters. The maximum absolute atomic E-state index is 13.6. The Kier molecular flexibility index (Phi) is 6.22. The zero-order valence-electron chi connectivity index (χ0n) is 20.4. The van der Waals surface area contributed by atoms with Gasteiger partial charge in [-0.25, -0.2) is 0 Å². The molecule has 0 aliphatic carbocycles. The van der Waals surface area contributed by atoms with Crippen molar-refractivity contribution in [2.24, 2.45) is 5.41 Å². The second kappa shape index (κ2) is 9.49. The third-order valence-electron chi connectivity index (χ3n) is 7.59. The van der Waals surface area contributed by atoms with Gasteiger partial charge in [0.25, 0.3) is 5.91 Å². The topological polar surface area (TPSA) is 99.7 Å². The lowest BCUT2D eigenvalue weighted by atomic mass is 9.77. The molecule has 0 atom stereocenters. The number of piperidine rings is 1. The summed E-state index contributed by atoms with van der Waals surface area (Å²) in [5.41, 5.74) is 10.3.